The molecule has 0 aromatic heterocycles. The molecule has 0 amide bonds. The minimum Gasteiger partial charge on any atom is -0.232 e. The molecule has 0 aliphatic heterocycles. The van der Waals surface area contributed by atoms with E-state index in [1.165, 1.54) is 0 Å². The Bertz CT molecular complexity index is 211. The molecule has 10 heavy (non-hydrogen) atoms. The van der Waals surface area contributed by atoms with Gasteiger partial charge in [0.25, 0.3) is 0 Å². The fourth-order valence-corrected chi connectivity index (χ4v) is 0.750. The highest BCUT2D eigenvalue weighted by Crippen LogP contribution is 2.04. The van der Waals surface area contributed by atoms with E-state index in [-0.39, 0.29) is 6.61 Å². The normalized spacial score (nSPS) is 9.30. The second kappa shape index (κ2) is 3.18. The van der Waals surface area contributed by atoms with E-state index >= 15 is 0 Å². The van der Waals surface area contributed by atoms with Gasteiger partial charge in [-0.3, -0.25) is 0 Å². The zero-order valence-corrected chi connectivity index (χ0v) is 5.71. The molecule has 0 atom stereocenters. The zero-order chi connectivity index (χ0) is 7.40. The number of hydrogen-bond donors (Lipinski definition) is 0. The van der Waals surface area contributed by atoms with Gasteiger partial charge in [0.05, 0.1) is 0 Å². The van der Waals surface area contributed by atoms with Crippen molar-refractivity contribution in [1.82, 2.24) is 0 Å². The van der Waals surface area contributed by atoms with Crippen LogP contribution in [0.4, 0.5) is 0 Å². The van der Waals surface area contributed by atoms with Gasteiger partial charge in [-0.05, 0) is 11.1 Å². The van der Waals surface area contributed by atoms with Crippen LogP contribution >= 0.6 is 0 Å². The summed E-state index contributed by atoms with van der Waals surface area (Å²) in [5.74, 6) is 0. The topological polar surface area (TPSA) is 19.9 Å². The molecule has 0 bridgehead atoms. The minimum atomic E-state index is -0.141. The van der Waals surface area contributed by atoms with E-state index in [0.29, 0.717) is 0 Å². The van der Waals surface area contributed by atoms with E-state index in [2.05, 4.69) is 6.58 Å². The summed E-state index contributed by atoms with van der Waals surface area (Å²) in [5.41, 5.74) is 1.88. The lowest BCUT2D eigenvalue weighted by Gasteiger charge is -1.93. The molecule has 0 saturated carbocycles. The molecule has 1 aromatic rings. The van der Waals surface area contributed by atoms with Gasteiger partial charge < -0.3 is 0 Å². The maximum Gasteiger partial charge on any atom is 0.107 e. The Morgan fingerprint density at radius 2 is 1.90 bits per heavy atom. The molecule has 0 aliphatic rings. The van der Waals surface area contributed by atoms with E-state index in [1.807, 2.05) is 24.3 Å². The molecule has 51 valence electrons. The monoisotopic (exact) mass is 133 g/mol. The van der Waals surface area contributed by atoms with Crippen molar-refractivity contribution in [3.05, 3.63) is 42.0 Å². The van der Waals surface area contributed by atoms with Crippen LogP contribution in [0.2, 0.25) is 0 Å². The van der Waals surface area contributed by atoms with Crippen molar-refractivity contribution in [2.45, 2.75) is 6.61 Å². The van der Waals surface area contributed by atoms with E-state index < -0.39 is 0 Å². The van der Waals surface area contributed by atoms with Crippen LogP contribution in [0.5, 0.6) is 0 Å². The average molecular weight is 133 g/mol. The molecular weight excluding hydrogens is 124 g/mol. The van der Waals surface area contributed by atoms with Gasteiger partial charge in [-0.25, -0.2) is 5.11 Å². The molecule has 0 spiro atoms. The standard InChI is InChI=1S/C9H9O/c1-2-8-3-5-9(7-10)6-4-8/h2-6H,1,7H2. The second-order valence-electron chi connectivity index (χ2n) is 2.09. The molecule has 0 aliphatic carbocycles. The van der Waals surface area contributed by atoms with Gasteiger partial charge in [0.2, 0.25) is 0 Å². The van der Waals surface area contributed by atoms with E-state index in [4.69, 9.17) is 0 Å². The highest BCUT2D eigenvalue weighted by Gasteiger charge is 1.88. The van der Waals surface area contributed by atoms with Gasteiger partial charge in [0.1, 0.15) is 6.61 Å². The third-order valence-corrected chi connectivity index (χ3v) is 1.38. The highest BCUT2D eigenvalue weighted by molar-refractivity contribution is 5.46. The molecule has 0 unspecified atom stereocenters. The van der Waals surface area contributed by atoms with Crippen LogP contribution in [-0.2, 0) is 11.7 Å². The van der Waals surface area contributed by atoms with Crippen molar-refractivity contribution < 1.29 is 5.11 Å². The lowest BCUT2D eigenvalue weighted by atomic mass is 10.1. The summed E-state index contributed by atoms with van der Waals surface area (Å²) in [7, 11) is 0. The van der Waals surface area contributed by atoms with Crippen LogP contribution in [0.1, 0.15) is 11.1 Å². The van der Waals surface area contributed by atoms with Crippen LogP contribution in [0.25, 0.3) is 6.08 Å². The molecule has 1 radical (unpaired) electrons. The van der Waals surface area contributed by atoms with E-state index in [9.17, 15) is 5.11 Å². The van der Waals surface area contributed by atoms with Crippen molar-refractivity contribution in [3.63, 3.8) is 0 Å². The predicted octanol–water partition coefficient (Wildman–Crippen LogP) is 2.26. The van der Waals surface area contributed by atoms with Crippen LogP contribution in [0.3, 0.4) is 0 Å². The summed E-state index contributed by atoms with van der Waals surface area (Å²) < 4.78 is 0. The van der Waals surface area contributed by atoms with Crippen molar-refractivity contribution in [2.24, 2.45) is 0 Å². The maximum absolute atomic E-state index is 10.3. The smallest absolute Gasteiger partial charge is 0.107 e. The Labute approximate surface area is 60.6 Å². The Hall–Kier alpha value is -1.08. The largest absolute Gasteiger partial charge is 0.232 e. The first-order chi connectivity index (χ1) is 4.86. The van der Waals surface area contributed by atoms with Crippen molar-refractivity contribution in [1.29, 1.82) is 0 Å². The summed E-state index contributed by atoms with van der Waals surface area (Å²) in [4.78, 5) is 0. The Morgan fingerprint density at radius 1 is 1.30 bits per heavy atom. The summed E-state index contributed by atoms with van der Waals surface area (Å²) in [5, 5.41) is 10.3. The highest BCUT2D eigenvalue weighted by atomic mass is 16.3. The SMILES string of the molecule is C=Cc1ccc(C[O])cc1. The molecule has 1 nitrogen and oxygen atoms in total. The fourth-order valence-electron chi connectivity index (χ4n) is 0.750. The van der Waals surface area contributed by atoms with Crippen LogP contribution < -0.4 is 0 Å². The Kier molecular flexibility index (Phi) is 2.24. The first kappa shape index (κ1) is 7.03. The van der Waals surface area contributed by atoms with Crippen molar-refractivity contribution in [2.75, 3.05) is 0 Å². The van der Waals surface area contributed by atoms with Gasteiger partial charge in [-0.2, -0.15) is 0 Å². The van der Waals surface area contributed by atoms with Gasteiger partial charge in [0.15, 0.2) is 0 Å². The molecule has 1 rings (SSSR count). The Balaban J connectivity index is 2.90. The van der Waals surface area contributed by atoms with Crippen LogP contribution in [0, 0.1) is 0 Å². The van der Waals surface area contributed by atoms with Crippen LogP contribution in [0.15, 0.2) is 30.8 Å². The van der Waals surface area contributed by atoms with E-state index in [1.54, 1.807) is 6.08 Å². The number of rotatable bonds is 2. The molecule has 0 fully saturated rings. The second-order valence-corrected chi connectivity index (χ2v) is 2.09. The molecular formula is C9H9O. The quantitative estimate of drug-likeness (QED) is 0.589. The average Bonchev–Trinajstić information content (AvgIpc) is 2.05. The molecule has 1 heteroatoms. The first-order valence-corrected chi connectivity index (χ1v) is 3.16. The molecule has 1 aromatic carbocycles. The first-order valence-electron chi connectivity index (χ1n) is 3.16. The molecule has 0 heterocycles. The number of hydrogen-bond acceptors (Lipinski definition) is 0. The van der Waals surface area contributed by atoms with E-state index in [0.717, 1.165) is 11.1 Å². The maximum atomic E-state index is 10.3. The van der Waals surface area contributed by atoms with Crippen LogP contribution in [-0.4, -0.2) is 0 Å². The summed E-state index contributed by atoms with van der Waals surface area (Å²) in [6.45, 7) is 3.47. The summed E-state index contributed by atoms with van der Waals surface area (Å²) >= 11 is 0. The van der Waals surface area contributed by atoms with Gasteiger partial charge in [-0.15, -0.1) is 0 Å². The van der Waals surface area contributed by atoms with Crippen molar-refractivity contribution >= 4 is 6.08 Å². The predicted molar refractivity (Wildman–Crippen MR) is 40.9 cm³/mol. The van der Waals surface area contributed by atoms with Gasteiger partial charge in [0, 0.05) is 0 Å². The zero-order valence-electron chi connectivity index (χ0n) is 5.71. The van der Waals surface area contributed by atoms with Gasteiger partial charge in [-0.1, -0.05) is 36.9 Å². The number of benzene rings is 1. The lowest BCUT2D eigenvalue weighted by molar-refractivity contribution is 0.177. The third kappa shape index (κ3) is 1.45. The van der Waals surface area contributed by atoms with Gasteiger partial charge >= 0.3 is 0 Å². The third-order valence-electron chi connectivity index (χ3n) is 1.38. The fraction of sp³-hybridized carbons (Fsp3) is 0.111. The molecule has 0 N–H and O–H groups in total. The minimum absolute atomic E-state index is 0.141. The molecule has 0 saturated heterocycles. The summed E-state index contributed by atoms with van der Waals surface area (Å²) in [6.07, 6.45) is 1.76. The Morgan fingerprint density at radius 3 is 2.30 bits per heavy atom. The van der Waals surface area contributed by atoms with Crippen molar-refractivity contribution in [3.8, 4) is 0 Å². The lowest BCUT2D eigenvalue weighted by Crippen LogP contribution is -1.79. The summed E-state index contributed by atoms with van der Waals surface area (Å²) in [6, 6.07) is 7.43.